The number of halogens is 1. The molecule has 9 heteroatoms. The zero-order chi connectivity index (χ0) is 23.2. The van der Waals surface area contributed by atoms with Crippen molar-refractivity contribution in [2.24, 2.45) is 0 Å². The molecule has 1 N–H and O–H groups in total. The minimum Gasteiger partial charge on any atom is -0.355 e. The van der Waals surface area contributed by atoms with Crippen molar-refractivity contribution in [2.75, 3.05) is 23.7 Å². The van der Waals surface area contributed by atoms with Crippen molar-refractivity contribution in [1.82, 2.24) is 10.2 Å². The molecule has 2 aromatic rings. The van der Waals surface area contributed by atoms with Crippen LogP contribution in [0.1, 0.15) is 25.0 Å². The summed E-state index contributed by atoms with van der Waals surface area (Å²) in [7, 11) is -3.74. The Morgan fingerprint density at radius 3 is 2.39 bits per heavy atom. The SMILES string of the molecule is CCNC(=O)[C@H](C)N(Cc1ccccc1Cl)C(=O)CN(c1cccc(C)c1)S(C)(=O)=O. The summed E-state index contributed by atoms with van der Waals surface area (Å²) in [5.74, 6) is -0.838. The molecule has 0 saturated heterocycles. The molecular weight excluding hydrogens is 438 g/mol. The summed E-state index contributed by atoms with van der Waals surface area (Å²) in [5.41, 5.74) is 1.91. The van der Waals surface area contributed by atoms with Crippen LogP contribution in [0.25, 0.3) is 0 Å². The Bertz CT molecular complexity index is 1040. The number of carbonyl (C=O) groups is 2. The number of hydrogen-bond acceptors (Lipinski definition) is 4. The molecule has 2 aromatic carbocycles. The lowest BCUT2D eigenvalue weighted by Gasteiger charge is -2.31. The largest absolute Gasteiger partial charge is 0.355 e. The van der Waals surface area contributed by atoms with E-state index in [1.807, 2.05) is 13.0 Å². The van der Waals surface area contributed by atoms with Crippen LogP contribution in [0.15, 0.2) is 48.5 Å². The van der Waals surface area contributed by atoms with Gasteiger partial charge in [0.05, 0.1) is 11.9 Å². The molecule has 0 heterocycles. The number of sulfonamides is 1. The van der Waals surface area contributed by atoms with Gasteiger partial charge in [0, 0.05) is 18.1 Å². The maximum absolute atomic E-state index is 13.3. The van der Waals surface area contributed by atoms with E-state index in [4.69, 9.17) is 11.6 Å². The molecule has 0 spiro atoms. The lowest BCUT2D eigenvalue weighted by atomic mass is 10.1. The summed E-state index contributed by atoms with van der Waals surface area (Å²) < 4.78 is 26.0. The normalized spacial score (nSPS) is 12.2. The predicted octanol–water partition coefficient (Wildman–Crippen LogP) is 2.97. The maximum atomic E-state index is 13.3. The fraction of sp³-hybridized carbons (Fsp3) is 0.364. The first kappa shape index (κ1) is 24.7. The Kier molecular flexibility index (Phi) is 8.47. The standard InChI is InChI=1S/C22H28ClN3O4S/c1-5-24-22(28)17(3)25(14-18-10-6-7-12-20(18)23)21(27)15-26(31(4,29)30)19-11-8-9-16(2)13-19/h6-13,17H,5,14-15H2,1-4H3,(H,24,28)/t17-/m0/s1. The molecule has 1 atom stereocenters. The predicted molar refractivity (Wildman–Crippen MR) is 124 cm³/mol. The van der Waals surface area contributed by atoms with Crippen molar-refractivity contribution >= 4 is 39.1 Å². The second-order valence-electron chi connectivity index (χ2n) is 7.29. The molecule has 31 heavy (non-hydrogen) atoms. The Labute approximate surface area is 189 Å². The fourth-order valence-corrected chi connectivity index (χ4v) is 4.15. The van der Waals surface area contributed by atoms with Gasteiger partial charge in [-0.1, -0.05) is 41.9 Å². The topological polar surface area (TPSA) is 86.8 Å². The van der Waals surface area contributed by atoms with Crippen LogP contribution in [0.4, 0.5) is 5.69 Å². The number of aryl methyl sites for hydroxylation is 1. The van der Waals surface area contributed by atoms with E-state index in [2.05, 4.69) is 5.32 Å². The average molecular weight is 466 g/mol. The van der Waals surface area contributed by atoms with E-state index in [0.717, 1.165) is 16.1 Å². The number of carbonyl (C=O) groups excluding carboxylic acids is 2. The molecule has 0 aliphatic heterocycles. The van der Waals surface area contributed by atoms with Gasteiger partial charge in [-0.25, -0.2) is 8.42 Å². The molecule has 0 fully saturated rings. The van der Waals surface area contributed by atoms with Crippen LogP contribution in [-0.4, -0.2) is 50.5 Å². The number of rotatable bonds is 9. The zero-order valence-corrected chi connectivity index (χ0v) is 19.7. The molecule has 0 aliphatic rings. The lowest BCUT2D eigenvalue weighted by molar-refractivity contribution is -0.139. The molecule has 0 radical (unpaired) electrons. The molecule has 168 valence electrons. The Hall–Kier alpha value is -2.58. The number of hydrogen-bond donors (Lipinski definition) is 1. The van der Waals surface area contributed by atoms with E-state index in [9.17, 15) is 18.0 Å². The number of anilines is 1. The second kappa shape index (κ2) is 10.6. The van der Waals surface area contributed by atoms with Crippen LogP contribution in [0.5, 0.6) is 0 Å². The number of benzene rings is 2. The third kappa shape index (κ3) is 6.70. The first-order chi connectivity index (χ1) is 14.5. The van der Waals surface area contributed by atoms with Gasteiger partial charge in [0.25, 0.3) is 0 Å². The monoisotopic (exact) mass is 465 g/mol. The molecule has 0 aliphatic carbocycles. The van der Waals surface area contributed by atoms with Gasteiger partial charge in [0.2, 0.25) is 21.8 Å². The molecule has 2 amide bonds. The summed E-state index contributed by atoms with van der Waals surface area (Å²) in [6.07, 6.45) is 1.05. The van der Waals surface area contributed by atoms with Crippen molar-refractivity contribution in [2.45, 2.75) is 33.4 Å². The summed E-state index contributed by atoms with van der Waals surface area (Å²) in [4.78, 5) is 27.2. The Balaban J connectivity index is 2.40. The smallest absolute Gasteiger partial charge is 0.244 e. The number of amides is 2. The van der Waals surface area contributed by atoms with Crippen molar-refractivity contribution in [3.63, 3.8) is 0 Å². The summed E-state index contributed by atoms with van der Waals surface area (Å²) >= 11 is 6.27. The molecule has 0 unspecified atom stereocenters. The van der Waals surface area contributed by atoms with Gasteiger partial charge in [0.1, 0.15) is 12.6 Å². The van der Waals surface area contributed by atoms with Crippen LogP contribution < -0.4 is 9.62 Å². The number of likely N-dealkylation sites (N-methyl/N-ethyl adjacent to an activating group) is 1. The summed E-state index contributed by atoms with van der Waals surface area (Å²) in [6, 6.07) is 13.1. The highest BCUT2D eigenvalue weighted by Gasteiger charge is 2.30. The molecule has 7 nitrogen and oxygen atoms in total. The van der Waals surface area contributed by atoms with Gasteiger partial charge in [-0.2, -0.15) is 0 Å². The molecule has 0 aromatic heterocycles. The van der Waals surface area contributed by atoms with Gasteiger partial charge in [0.15, 0.2) is 0 Å². The fourth-order valence-electron chi connectivity index (χ4n) is 3.11. The van der Waals surface area contributed by atoms with E-state index < -0.39 is 28.5 Å². The molecule has 0 saturated carbocycles. The highest BCUT2D eigenvalue weighted by atomic mass is 35.5. The third-order valence-corrected chi connectivity index (χ3v) is 6.29. The Morgan fingerprint density at radius 2 is 1.81 bits per heavy atom. The van der Waals surface area contributed by atoms with Crippen molar-refractivity contribution in [1.29, 1.82) is 0 Å². The highest BCUT2D eigenvalue weighted by molar-refractivity contribution is 7.92. The van der Waals surface area contributed by atoms with Crippen molar-refractivity contribution < 1.29 is 18.0 Å². The lowest BCUT2D eigenvalue weighted by Crippen LogP contribution is -2.51. The van der Waals surface area contributed by atoms with Gasteiger partial charge in [-0.05, 0) is 50.1 Å². The minimum atomic E-state index is -3.74. The molecule has 2 rings (SSSR count). The quantitative estimate of drug-likeness (QED) is 0.616. The van der Waals surface area contributed by atoms with Crippen LogP contribution in [0.3, 0.4) is 0 Å². The first-order valence-corrected chi connectivity index (χ1v) is 12.1. The third-order valence-electron chi connectivity index (χ3n) is 4.79. The van der Waals surface area contributed by atoms with E-state index in [0.29, 0.717) is 22.8 Å². The van der Waals surface area contributed by atoms with Crippen LogP contribution in [-0.2, 0) is 26.2 Å². The van der Waals surface area contributed by atoms with Crippen LogP contribution >= 0.6 is 11.6 Å². The molecule has 0 bridgehead atoms. The van der Waals surface area contributed by atoms with Gasteiger partial charge >= 0.3 is 0 Å². The highest BCUT2D eigenvalue weighted by Crippen LogP contribution is 2.22. The van der Waals surface area contributed by atoms with Gasteiger partial charge in [-0.15, -0.1) is 0 Å². The second-order valence-corrected chi connectivity index (χ2v) is 9.61. The van der Waals surface area contributed by atoms with E-state index in [-0.39, 0.29) is 12.5 Å². The first-order valence-electron chi connectivity index (χ1n) is 9.89. The van der Waals surface area contributed by atoms with E-state index in [1.165, 1.54) is 4.90 Å². The summed E-state index contributed by atoms with van der Waals surface area (Å²) in [5, 5.41) is 3.17. The van der Waals surface area contributed by atoms with Gasteiger partial charge < -0.3 is 10.2 Å². The van der Waals surface area contributed by atoms with Gasteiger partial charge in [-0.3, -0.25) is 13.9 Å². The number of nitrogens with zero attached hydrogens (tertiary/aromatic N) is 2. The maximum Gasteiger partial charge on any atom is 0.244 e. The summed E-state index contributed by atoms with van der Waals surface area (Å²) in [6.45, 7) is 5.28. The van der Waals surface area contributed by atoms with Crippen LogP contribution in [0.2, 0.25) is 5.02 Å². The zero-order valence-electron chi connectivity index (χ0n) is 18.1. The van der Waals surface area contributed by atoms with Crippen molar-refractivity contribution in [3.8, 4) is 0 Å². The number of nitrogens with one attached hydrogen (secondary N) is 1. The minimum absolute atomic E-state index is 0.0717. The van der Waals surface area contributed by atoms with E-state index >= 15 is 0 Å². The van der Waals surface area contributed by atoms with Crippen LogP contribution in [0, 0.1) is 6.92 Å². The Morgan fingerprint density at radius 1 is 1.13 bits per heavy atom. The molecular formula is C22H28ClN3O4S. The van der Waals surface area contributed by atoms with Crippen molar-refractivity contribution in [3.05, 3.63) is 64.7 Å². The van der Waals surface area contributed by atoms with E-state index in [1.54, 1.807) is 56.3 Å². The average Bonchev–Trinajstić information content (AvgIpc) is 2.70.